The molecule has 2 heterocycles. The Kier molecular flexibility index (Phi) is 3.30. The predicted octanol–water partition coefficient (Wildman–Crippen LogP) is 2.06. The average molecular weight is 274 g/mol. The first-order valence-electron chi connectivity index (χ1n) is 6.88. The summed E-state index contributed by atoms with van der Waals surface area (Å²) in [6.45, 7) is 4.95. The van der Waals surface area contributed by atoms with Crippen molar-refractivity contribution in [2.24, 2.45) is 0 Å². The first-order valence-corrected chi connectivity index (χ1v) is 6.88. The zero-order valence-corrected chi connectivity index (χ0v) is 11.9. The molecule has 0 spiro atoms. The molecule has 20 heavy (non-hydrogen) atoms. The van der Waals surface area contributed by atoms with Gasteiger partial charge in [-0.1, -0.05) is 19.1 Å². The van der Waals surface area contributed by atoms with Crippen molar-refractivity contribution in [2.75, 3.05) is 20.1 Å². The molecule has 1 aromatic heterocycles. The number of benzene rings is 1. The van der Waals surface area contributed by atoms with E-state index in [2.05, 4.69) is 29.0 Å². The lowest BCUT2D eigenvalue weighted by Gasteiger charge is -2.23. The Hall–Kier alpha value is -1.75. The summed E-state index contributed by atoms with van der Waals surface area (Å²) in [5.74, 6) is 0.808. The van der Waals surface area contributed by atoms with E-state index < -0.39 is 0 Å². The summed E-state index contributed by atoms with van der Waals surface area (Å²) in [5, 5.41) is 4.34. The topological polar surface area (TPSA) is 34.0 Å². The van der Waals surface area contributed by atoms with Crippen molar-refractivity contribution in [1.29, 1.82) is 0 Å². The highest BCUT2D eigenvalue weighted by Crippen LogP contribution is 2.32. The molecule has 5 heteroatoms. The van der Waals surface area contributed by atoms with Crippen molar-refractivity contribution in [3.8, 4) is 0 Å². The third kappa shape index (κ3) is 2.45. The van der Waals surface area contributed by atoms with Gasteiger partial charge in [-0.3, -0.25) is 0 Å². The molecule has 1 fully saturated rings. The number of hydrogen-bond acceptors (Lipinski definition) is 3. The highest BCUT2D eigenvalue weighted by molar-refractivity contribution is 5.18. The summed E-state index contributed by atoms with van der Waals surface area (Å²) >= 11 is 0. The van der Waals surface area contributed by atoms with Crippen molar-refractivity contribution in [2.45, 2.75) is 25.3 Å². The highest BCUT2D eigenvalue weighted by atomic mass is 19.1. The second kappa shape index (κ2) is 4.98. The average Bonchev–Trinajstić information content (AvgIpc) is 3.00. The Morgan fingerprint density at radius 2 is 2.05 bits per heavy atom. The lowest BCUT2D eigenvalue weighted by Crippen LogP contribution is -2.30. The lowest BCUT2D eigenvalue weighted by atomic mass is 9.88. The van der Waals surface area contributed by atoms with E-state index in [9.17, 15) is 4.39 Å². The molecule has 4 nitrogen and oxygen atoms in total. The second-order valence-corrected chi connectivity index (χ2v) is 5.92. The molecular formula is C15H19FN4. The molecule has 1 saturated heterocycles. The Labute approximate surface area is 118 Å². The van der Waals surface area contributed by atoms with E-state index in [1.807, 2.05) is 4.68 Å². The fourth-order valence-corrected chi connectivity index (χ4v) is 2.98. The van der Waals surface area contributed by atoms with E-state index in [0.29, 0.717) is 6.54 Å². The van der Waals surface area contributed by atoms with Gasteiger partial charge in [0, 0.05) is 12.0 Å². The molecule has 2 aromatic rings. The largest absolute Gasteiger partial charge is 0.305 e. The monoisotopic (exact) mass is 274 g/mol. The van der Waals surface area contributed by atoms with E-state index in [-0.39, 0.29) is 11.2 Å². The van der Waals surface area contributed by atoms with Crippen LogP contribution in [0.2, 0.25) is 0 Å². The van der Waals surface area contributed by atoms with Crippen molar-refractivity contribution in [1.82, 2.24) is 19.7 Å². The number of nitrogens with zero attached hydrogens (tertiary/aromatic N) is 4. The van der Waals surface area contributed by atoms with Gasteiger partial charge in [0.1, 0.15) is 18.0 Å². The summed E-state index contributed by atoms with van der Waals surface area (Å²) in [5.41, 5.74) is 1.08. The minimum Gasteiger partial charge on any atom is -0.305 e. The van der Waals surface area contributed by atoms with Gasteiger partial charge in [0.2, 0.25) is 0 Å². The molecule has 0 amide bonds. The number of rotatable bonds is 3. The highest BCUT2D eigenvalue weighted by Gasteiger charge is 2.37. The normalized spacial score (nSPS) is 23.4. The van der Waals surface area contributed by atoms with Crippen molar-refractivity contribution >= 4 is 0 Å². The molecule has 1 aliphatic rings. The molecule has 0 aliphatic carbocycles. The second-order valence-electron chi connectivity index (χ2n) is 5.92. The van der Waals surface area contributed by atoms with Gasteiger partial charge in [-0.25, -0.2) is 14.1 Å². The van der Waals surface area contributed by atoms with Crippen LogP contribution in [0, 0.1) is 5.82 Å². The fourth-order valence-electron chi connectivity index (χ4n) is 2.98. The van der Waals surface area contributed by atoms with E-state index >= 15 is 0 Å². The maximum atomic E-state index is 13.0. The van der Waals surface area contributed by atoms with Crippen LogP contribution in [0.3, 0.4) is 0 Å². The SMILES string of the molecule is CN1CC[C@](C)(c2ncnn2Cc2ccc(F)cc2)C1. The summed E-state index contributed by atoms with van der Waals surface area (Å²) in [6.07, 6.45) is 2.70. The Morgan fingerprint density at radius 3 is 2.70 bits per heavy atom. The van der Waals surface area contributed by atoms with E-state index in [4.69, 9.17) is 0 Å². The van der Waals surface area contributed by atoms with Gasteiger partial charge in [-0.2, -0.15) is 5.10 Å². The van der Waals surface area contributed by atoms with Crippen LogP contribution in [0.15, 0.2) is 30.6 Å². The van der Waals surface area contributed by atoms with E-state index in [1.54, 1.807) is 18.5 Å². The van der Waals surface area contributed by atoms with Gasteiger partial charge in [0.05, 0.1) is 6.54 Å². The zero-order chi connectivity index (χ0) is 14.2. The van der Waals surface area contributed by atoms with Crippen molar-refractivity contribution in [3.63, 3.8) is 0 Å². The van der Waals surface area contributed by atoms with E-state index in [1.165, 1.54) is 12.1 Å². The minimum atomic E-state index is -0.211. The van der Waals surface area contributed by atoms with Crippen molar-refractivity contribution in [3.05, 3.63) is 47.8 Å². The van der Waals surface area contributed by atoms with Gasteiger partial charge in [-0.05, 0) is 37.7 Å². The van der Waals surface area contributed by atoms with Crippen molar-refractivity contribution < 1.29 is 4.39 Å². The van der Waals surface area contributed by atoms with E-state index in [0.717, 1.165) is 30.9 Å². The van der Waals surface area contributed by atoms with Crippen LogP contribution in [0.4, 0.5) is 4.39 Å². The first kappa shape index (κ1) is 13.2. The summed E-state index contributed by atoms with van der Waals surface area (Å²) < 4.78 is 14.9. The third-order valence-corrected chi connectivity index (χ3v) is 4.07. The molecule has 0 radical (unpaired) electrons. The van der Waals surface area contributed by atoms with Crippen LogP contribution in [-0.2, 0) is 12.0 Å². The predicted molar refractivity (Wildman–Crippen MR) is 75.0 cm³/mol. The fraction of sp³-hybridized carbons (Fsp3) is 0.467. The van der Waals surface area contributed by atoms with Gasteiger partial charge >= 0.3 is 0 Å². The first-order chi connectivity index (χ1) is 9.57. The number of likely N-dealkylation sites (tertiary alicyclic amines) is 1. The number of likely N-dealkylation sites (N-methyl/N-ethyl adjacent to an activating group) is 1. The van der Waals surface area contributed by atoms with Crippen LogP contribution in [0.1, 0.15) is 24.7 Å². The molecule has 1 aliphatic heterocycles. The molecular weight excluding hydrogens is 255 g/mol. The quantitative estimate of drug-likeness (QED) is 0.859. The van der Waals surface area contributed by atoms with Gasteiger partial charge < -0.3 is 4.90 Å². The standard InChI is InChI=1S/C15H19FN4/c1-15(7-8-19(2)10-15)14-17-11-18-20(14)9-12-3-5-13(16)6-4-12/h3-6,11H,7-10H2,1-2H3/t15-/m0/s1. The number of hydrogen-bond donors (Lipinski definition) is 0. The molecule has 0 bridgehead atoms. The van der Waals surface area contributed by atoms with Crippen LogP contribution in [0.5, 0.6) is 0 Å². The van der Waals surface area contributed by atoms with Gasteiger partial charge in [0.15, 0.2) is 0 Å². The Bertz CT molecular complexity index is 592. The molecule has 1 atom stereocenters. The van der Waals surface area contributed by atoms with Crippen LogP contribution >= 0.6 is 0 Å². The summed E-state index contributed by atoms with van der Waals surface area (Å²) in [6, 6.07) is 6.56. The molecule has 0 N–H and O–H groups in total. The summed E-state index contributed by atoms with van der Waals surface area (Å²) in [7, 11) is 2.13. The molecule has 0 saturated carbocycles. The zero-order valence-electron chi connectivity index (χ0n) is 11.9. The summed E-state index contributed by atoms with van der Waals surface area (Å²) in [4.78, 5) is 6.79. The molecule has 0 unspecified atom stereocenters. The molecule has 3 rings (SSSR count). The maximum absolute atomic E-state index is 13.0. The maximum Gasteiger partial charge on any atom is 0.138 e. The van der Waals surface area contributed by atoms with Crippen LogP contribution in [-0.4, -0.2) is 39.8 Å². The van der Waals surface area contributed by atoms with Gasteiger partial charge in [-0.15, -0.1) is 0 Å². The smallest absolute Gasteiger partial charge is 0.138 e. The Morgan fingerprint density at radius 1 is 1.30 bits per heavy atom. The molecule has 1 aromatic carbocycles. The number of halogens is 1. The minimum absolute atomic E-state index is 0.0469. The molecule has 106 valence electrons. The van der Waals surface area contributed by atoms with Crippen LogP contribution < -0.4 is 0 Å². The Balaban J connectivity index is 1.85. The van der Waals surface area contributed by atoms with Gasteiger partial charge in [0.25, 0.3) is 0 Å². The third-order valence-electron chi connectivity index (χ3n) is 4.07. The van der Waals surface area contributed by atoms with Crippen LogP contribution in [0.25, 0.3) is 0 Å². The lowest BCUT2D eigenvalue weighted by molar-refractivity contribution is 0.364. The number of aromatic nitrogens is 3.